The normalized spacial score (nSPS) is 9.95. The van der Waals surface area contributed by atoms with Gasteiger partial charge < -0.3 is 9.84 Å². The number of methoxy groups -OCH3 is 1. The van der Waals surface area contributed by atoms with Crippen molar-refractivity contribution in [3.63, 3.8) is 0 Å². The SMILES string of the molecule is COc1ccc(C(=O)c2ncncc2C(=O)O)cc1. The van der Waals surface area contributed by atoms with Crippen LogP contribution in [0.2, 0.25) is 0 Å². The Morgan fingerprint density at radius 3 is 2.47 bits per heavy atom. The molecule has 2 rings (SSSR count). The first-order valence-corrected chi connectivity index (χ1v) is 5.35. The highest BCUT2D eigenvalue weighted by molar-refractivity contribution is 6.12. The van der Waals surface area contributed by atoms with Gasteiger partial charge in [0.2, 0.25) is 5.78 Å². The third-order valence-corrected chi connectivity index (χ3v) is 2.51. The van der Waals surface area contributed by atoms with Crippen LogP contribution in [-0.2, 0) is 0 Å². The zero-order valence-electron chi connectivity index (χ0n) is 10.0. The summed E-state index contributed by atoms with van der Waals surface area (Å²) in [7, 11) is 1.52. The van der Waals surface area contributed by atoms with Crippen LogP contribution in [0.1, 0.15) is 26.4 Å². The minimum atomic E-state index is -1.24. The van der Waals surface area contributed by atoms with Gasteiger partial charge in [-0.1, -0.05) is 0 Å². The Morgan fingerprint density at radius 2 is 1.89 bits per heavy atom. The van der Waals surface area contributed by atoms with Crippen LogP contribution in [-0.4, -0.2) is 33.9 Å². The molecule has 1 heterocycles. The molecule has 0 atom stereocenters. The Morgan fingerprint density at radius 1 is 1.21 bits per heavy atom. The predicted molar refractivity (Wildman–Crippen MR) is 65.4 cm³/mol. The number of ether oxygens (including phenoxy) is 1. The minimum Gasteiger partial charge on any atom is -0.497 e. The van der Waals surface area contributed by atoms with E-state index in [0.717, 1.165) is 12.5 Å². The van der Waals surface area contributed by atoms with Crippen molar-refractivity contribution in [2.75, 3.05) is 7.11 Å². The number of benzene rings is 1. The van der Waals surface area contributed by atoms with Gasteiger partial charge in [0, 0.05) is 11.8 Å². The lowest BCUT2D eigenvalue weighted by Crippen LogP contribution is -2.12. The Hall–Kier alpha value is -2.76. The standard InChI is InChI=1S/C13H10N2O4/c1-19-9-4-2-8(3-5-9)12(16)11-10(13(17)18)6-14-7-15-11/h2-7H,1H3,(H,17,18). The van der Waals surface area contributed by atoms with Gasteiger partial charge in [-0.2, -0.15) is 0 Å². The van der Waals surface area contributed by atoms with E-state index in [1.165, 1.54) is 7.11 Å². The first-order chi connectivity index (χ1) is 9.13. The Balaban J connectivity index is 2.41. The molecule has 0 aliphatic carbocycles. The van der Waals surface area contributed by atoms with Gasteiger partial charge in [-0.15, -0.1) is 0 Å². The number of aromatic nitrogens is 2. The fourth-order valence-electron chi connectivity index (χ4n) is 1.55. The molecular weight excluding hydrogens is 248 g/mol. The molecule has 0 unspecified atom stereocenters. The molecule has 1 aromatic heterocycles. The van der Waals surface area contributed by atoms with E-state index >= 15 is 0 Å². The molecule has 0 aliphatic heterocycles. The average Bonchev–Trinajstić information content (AvgIpc) is 2.46. The van der Waals surface area contributed by atoms with Crippen LogP contribution in [0.15, 0.2) is 36.8 Å². The summed E-state index contributed by atoms with van der Waals surface area (Å²) in [6.45, 7) is 0. The maximum Gasteiger partial charge on any atom is 0.339 e. The molecule has 6 heteroatoms. The smallest absolute Gasteiger partial charge is 0.339 e. The first-order valence-electron chi connectivity index (χ1n) is 5.35. The lowest BCUT2D eigenvalue weighted by molar-refractivity contribution is 0.0691. The molecule has 0 aliphatic rings. The number of ketones is 1. The summed E-state index contributed by atoms with van der Waals surface area (Å²) in [6, 6.07) is 6.34. The number of carboxylic acid groups (broad SMARTS) is 1. The number of carboxylic acids is 1. The highest BCUT2D eigenvalue weighted by Gasteiger charge is 2.19. The summed E-state index contributed by atoms with van der Waals surface area (Å²) in [6.07, 6.45) is 2.25. The summed E-state index contributed by atoms with van der Waals surface area (Å²) >= 11 is 0. The van der Waals surface area contributed by atoms with Crippen molar-refractivity contribution < 1.29 is 19.4 Å². The van der Waals surface area contributed by atoms with Gasteiger partial charge in [-0.3, -0.25) is 4.79 Å². The number of hydrogen-bond donors (Lipinski definition) is 1. The molecule has 0 spiro atoms. The molecule has 1 N–H and O–H groups in total. The zero-order valence-corrected chi connectivity index (χ0v) is 10.0. The molecule has 0 fully saturated rings. The van der Waals surface area contributed by atoms with Crippen molar-refractivity contribution in [1.29, 1.82) is 0 Å². The molecular formula is C13H10N2O4. The second kappa shape index (κ2) is 5.26. The van der Waals surface area contributed by atoms with E-state index in [-0.39, 0.29) is 11.3 Å². The molecule has 96 valence electrons. The van der Waals surface area contributed by atoms with Crippen molar-refractivity contribution in [2.45, 2.75) is 0 Å². The second-order valence-electron chi connectivity index (χ2n) is 3.65. The summed E-state index contributed by atoms with van der Waals surface area (Å²) in [5.41, 5.74) is -0.0158. The van der Waals surface area contributed by atoms with Crippen molar-refractivity contribution >= 4 is 11.8 Å². The van der Waals surface area contributed by atoms with Crippen molar-refractivity contribution in [3.8, 4) is 5.75 Å². The fourth-order valence-corrected chi connectivity index (χ4v) is 1.55. The van der Waals surface area contributed by atoms with Gasteiger partial charge in [0.1, 0.15) is 23.3 Å². The van der Waals surface area contributed by atoms with Crippen LogP contribution in [0, 0.1) is 0 Å². The minimum absolute atomic E-state index is 0.132. The number of nitrogens with zero attached hydrogens (tertiary/aromatic N) is 2. The quantitative estimate of drug-likeness (QED) is 0.834. The summed E-state index contributed by atoms with van der Waals surface area (Å²) in [4.78, 5) is 30.5. The topological polar surface area (TPSA) is 89.4 Å². The average molecular weight is 258 g/mol. The van der Waals surface area contributed by atoms with E-state index in [0.29, 0.717) is 11.3 Å². The summed E-state index contributed by atoms with van der Waals surface area (Å²) in [5.74, 6) is -1.10. The second-order valence-corrected chi connectivity index (χ2v) is 3.65. The van der Waals surface area contributed by atoms with Crippen LogP contribution in [0.25, 0.3) is 0 Å². The molecule has 0 saturated heterocycles. The van der Waals surface area contributed by atoms with Crippen molar-refractivity contribution in [2.24, 2.45) is 0 Å². The van der Waals surface area contributed by atoms with Crippen LogP contribution in [0.3, 0.4) is 0 Å². The first kappa shape index (κ1) is 12.7. The largest absolute Gasteiger partial charge is 0.497 e. The Labute approximate surface area is 108 Å². The molecule has 0 radical (unpaired) electrons. The maximum atomic E-state index is 12.2. The van der Waals surface area contributed by atoms with E-state index in [4.69, 9.17) is 9.84 Å². The summed E-state index contributed by atoms with van der Waals surface area (Å²) in [5, 5.41) is 8.99. The van der Waals surface area contributed by atoms with Gasteiger partial charge in [-0.05, 0) is 24.3 Å². The molecule has 0 amide bonds. The van der Waals surface area contributed by atoms with E-state index in [2.05, 4.69) is 9.97 Å². The molecule has 0 bridgehead atoms. The fraction of sp³-hybridized carbons (Fsp3) is 0.0769. The summed E-state index contributed by atoms with van der Waals surface area (Å²) < 4.78 is 4.99. The zero-order chi connectivity index (χ0) is 13.8. The Bertz CT molecular complexity index is 623. The van der Waals surface area contributed by atoms with Gasteiger partial charge in [0.05, 0.1) is 7.11 Å². The molecule has 0 saturated carbocycles. The lowest BCUT2D eigenvalue weighted by atomic mass is 10.0. The highest BCUT2D eigenvalue weighted by Crippen LogP contribution is 2.15. The van der Waals surface area contributed by atoms with E-state index in [1.807, 2.05) is 0 Å². The number of aromatic carboxylic acids is 1. The van der Waals surface area contributed by atoms with Gasteiger partial charge in [0.15, 0.2) is 0 Å². The van der Waals surface area contributed by atoms with Crippen LogP contribution < -0.4 is 4.74 Å². The number of rotatable bonds is 4. The third kappa shape index (κ3) is 2.57. The van der Waals surface area contributed by atoms with Gasteiger partial charge >= 0.3 is 5.97 Å². The van der Waals surface area contributed by atoms with Crippen molar-refractivity contribution in [3.05, 3.63) is 53.6 Å². The molecule has 1 aromatic carbocycles. The molecule has 2 aromatic rings. The van der Waals surface area contributed by atoms with E-state index in [1.54, 1.807) is 24.3 Å². The molecule has 6 nitrogen and oxygen atoms in total. The van der Waals surface area contributed by atoms with Crippen LogP contribution in [0.4, 0.5) is 0 Å². The van der Waals surface area contributed by atoms with Gasteiger partial charge in [0.25, 0.3) is 0 Å². The highest BCUT2D eigenvalue weighted by atomic mass is 16.5. The monoisotopic (exact) mass is 258 g/mol. The Kier molecular flexibility index (Phi) is 3.51. The van der Waals surface area contributed by atoms with E-state index < -0.39 is 11.8 Å². The third-order valence-electron chi connectivity index (χ3n) is 2.51. The number of hydrogen-bond acceptors (Lipinski definition) is 5. The van der Waals surface area contributed by atoms with E-state index in [9.17, 15) is 9.59 Å². The lowest BCUT2D eigenvalue weighted by Gasteiger charge is -2.04. The van der Waals surface area contributed by atoms with Crippen molar-refractivity contribution in [1.82, 2.24) is 9.97 Å². The van der Waals surface area contributed by atoms with Crippen LogP contribution >= 0.6 is 0 Å². The number of carbonyl (C=O) groups is 2. The van der Waals surface area contributed by atoms with Gasteiger partial charge in [-0.25, -0.2) is 14.8 Å². The van der Waals surface area contributed by atoms with Crippen LogP contribution in [0.5, 0.6) is 5.75 Å². The number of carbonyl (C=O) groups excluding carboxylic acids is 1. The predicted octanol–water partition coefficient (Wildman–Crippen LogP) is 1.41. The molecule has 19 heavy (non-hydrogen) atoms. The maximum absolute atomic E-state index is 12.2.